The molecule has 0 saturated carbocycles. The topological polar surface area (TPSA) is 109 Å². The van der Waals surface area contributed by atoms with Gasteiger partial charge in [-0.15, -0.1) is 0 Å². The first-order valence-electron chi connectivity index (χ1n) is 9.82. The molecule has 0 aliphatic heterocycles. The van der Waals surface area contributed by atoms with Crippen molar-refractivity contribution in [1.82, 2.24) is 0 Å². The maximum absolute atomic E-state index is 12.5. The molecule has 0 saturated heterocycles. The van der Waals surface area contributed by atoms with E-state index in [-0.39, 0.29) is 17.7 Å². The number of ether oxygens (including phenoxy) is 2. The molecule has 0 unspecified atom stereocenters. The molecule has 2 N–H and O–H groups in total. The van der Waals surface area contributed by atoms with Gasteiger partial charge in [0, 0.05) is 5.69 Å². The van der Waals surface area contributed by atoms with Gasteiger partial charge in [0.25, 0.3) is 5.91 Å². The number of carbonyl (C=O) groups is 2. The zero-order valence-electron chi connectivity index (χ0n) is 17.8. The van der Waals surface area contributed by atoms with Crippen LogP contribution in [0.1, 0.15) is 21.5 Å². The van der Waals surface area contributed by atoms with Crippen molar-refractivity contribution in [3.8, 4) is 17.6 Å². The highest BCUT2D eigenvalue weighted by Gasteiger charge is 2.13. The van der Waals surface area contributed by atoms with Crippen molar-refractivity contribution in [2.45, 2.75) is 6.61 Å². The molecule has 0 aromatic heterocycles. The van der Waals surface area contributed by atoms with Gasteiger partial charge in [-0.25, -0.2) is 4.79 Å². The monoisotopic (exact) mass is 584 g/mol. The second-order valence-corrected chi connectivity index (χ2v) is 8.67. The first-order chi connectivity index (χ1) is 16.3. The number of anilines is 1. The van der Waals surface area contributed by atoms with Gasteiger partial charge in [0.15, 0.2) is 0 Å². The summed E-state index contributed by atoms with van der Waals surface area (Å²) in [6, 6.07) is 18.6. The van der Waals surface area contributed by atoms with Crippen molar-refractivity contribution in [2.75, 3.05) is 12.4 Å². The van der Waals surface area contributed by atoms with Crippen LogP contribution < -0.4 is 14.8 Å². The Morgan fingerprint density at radius 2 is 1.68 bits per heavy atom. The van der Waals surface area contributed by atoms with Crippen LogP contribution in [-0.2, 0) is 11.4 Å². The van der Waals surface area contributed by atoms with E-state index in [4.69, 9.17) is 14.6 Å². The largest absolute Gasteiger partial charge is 0.497 e. The van der Waals surface area contributed by atoms with E-state index in [1.807, 2.05) is 6.07 Å². The number of halogens is 2. The summed E-state index contributed by atoms with van der Waals surface area (Å²) in [6.07, 6.45) is 1.47. The number of aromatic carboxylic acids is 1. The number of hydrogen-bond donors (Lipinski definition) is 2. The number of hydrogen-bond acceptors (Lipinski definition) is 5. The smallest absolute Gasteiger partial charge is 0.335 e. The lowest BCUT2D eigenvalue weighted by Gasteiger charge is -2.12. The Balaban J connectivity index is 1.73. The van der Waals surface area contributed by atoms with Crippen LogP contribution >= 0.6 is 31.9 Å². The summed E-state index contributed by atoms with van der Waals surface area (Å²) in [5, 5.41) is 21.2. The highest BCUT2D eigenvalue weighted by molar-refractivity contribution is 9.11. The zero-order valence-corrected chi connectivity index (χ0v) is 21.0. The number of nitrogens with one attached hydrogen (secondary N) is 1. The second-order valence-electron chi connectivity index (χ2n) is 6.96. The van der Waals surface area contributed by atoms with E-state index in [1.165, 1.54) is 18.2 Å². The Morgan fingerprint density at radius 1 is 1.06 bits per heavy atom. The molecule has 0 spiro atoms. The Kier molecular flexibility index (Phi) is 8.46. The molecule has 172 valence electrons. The lowest BCUT2D eigenvalue weighted by Crippen LogP contribution is -2.13. The van der Waals surface area contributed by atoms with E-state index in [1.54, 1.807) is 55.6 Å². The van der Waals surface area contributed by atoms with E-state index in [0.717, 1.165) is 5.56 Å². The molecular formula is C25H18Br2N2O5. The molecule has 3 aromatic carbocycles. The molecule has 7 nitrogen and oxygen atoms in total. The maximum atomic E-state index is 12.5. The number of carboxylic acid groups (broad SMARTS) is 1. The van der Waals surface area contributed by atoms with Crippen LogP contribution in [0.2, 0.25) is 0 Å². The van der Waals surface area contributed by atoms with Crippen LogP contribution in [0.3, 0.4) is 0 Å². The molecule has 0 atom stereocenters. The zero-order chi connectivity index (χ0) is 24.7. The molecule has 0 bridgehead atoms. The average Bonchev–Trinajstić information content (AvgIpc) is 2.82. The van der Waals surface area contributed by atoms with E-state index < -0.39 is 11.9 Å². The molecule has 9 heteroatoms. The number of carboxylic acids is 1. The van der Waals surface area contributed by atoms with E-state index in [0.29, 0.717) is 31.7 Å². The van der Waals surface area contributed by atoms with Gasteiger partial charge in [-0.3, -0.25) is 4.79 Å². The summed E-state index contributed by atoms with van der Waals surface area (Å²) in [5.74, 6) is -0.343. The normalized spacial score (nSPS) is 10.8. The summed E-state index contributed by atoms with van der Waals surface area (Å²) in [7, 11) is 1.55. The van der Waals surface area contributed by atoms with Gasteiger partial charge in [-0.1, -0.05) is 12.1 Å². The van der Waals surface area contributed by atoms with Crippen molar-refractivity contribution >= 4 is 55.5 Å². The molecule has 34 heavy (non-hydrogen) atoms. The SMILES string of the molecule is COc1ccc(NC(=O)/C(C#N)=C\c2cc(Br)c(OCc3ccc(C(=O)O)cc3)c(Br)c2)cc1. The fourth-order valence-electron chi connectivity index (χ4n) is 2.89. The Labute approximate surface area is 212 Å². The van der Waals surface area contributed by atoms with Gasteiger partial charge in [0.2, 0.25) is 0 Å². The van der Waals surface area contributed by atoms with Gasteiger partial charge in [0.05, 0.1) is 21.6 Å². The molecular weight excluding hydrogens is 568 g/mol. The second kappa shape index (κ2) is 11.5. The predicted molar refractivity (Wildman–Crippen MR) is 135 cm³/mol. The van der Waals surface area contributed by atoms with Crippen molar-refractivity contribution in [3.05, 3.63) is 91.9 Å². The molecule has 0 aliphatic carbocycles. The highest BCUT2D eigenvalue weighted by Crippen LogP contribution is 2.36. The van der Waals surface area contributed by atoms with Crippen LogP contribution in [0.25, 0.3) is 6.08 Å². The van der Waals surface area contributed by atoms with Gasteiger partial charge >= 0.3 is 5.97 Å². The van der Waals surface area contributed by atoms with Gasteiger partial charge < -0.3 is 19.9 Å². The van der Waals surface area contributed by atoms with Crippen LogP contribution in [0.15, 0.2) is 75.2 Å². The van der Waals surface area contributed by atoms with Gasteiger partial charge in [-0.2, -0.15) is 5.26 Å². The standard InChI is InChI=1S/C25H18Br2N2O5/c1-33-20-8-6-19(7-9-20)29-24(30)18(13-28)10-16-11-21(26)23(22(27)12-16)34-14-15-2-4-17(5-3-15)25(31)32/h2-12H,14H2,1H3,(H,29,30)(H,31,32)/b18-10-. The lowest BCUT2D eigenvalue weighted by molar-refractivity contribution is -0.112. The number of carbonyl (C=O) groups excluding carboxylic acids is 1. The predicted octanol–water partition coefficient (Wildman–Crippen LogP) is 6.04. The van der Waals surface area contributed by atoms with Crippen LogP contribution in [-0.4, -0.2) is 24.1 Å². The Hall–Kier alpha value is -3.61. The van der Waals surface area contributed by atoms with Crippen molar-refractivity contribution < 1.29 is 24.2 Å². The molecule has 3 aromatic rings. The van der Waals surface area contributed by atoms with E-state index >= 15 is 0 Å². The number of rotatable bonds is 8. The summed E-state index contributed by atoms with van der Waals surface area (Å²) >= 11 is 6.92. The number of nitriles is 1. The minimum Gasteiger partial charge on any atom is -0.497 e. The third-order valence-electron chi connectivity index (χ3n) is 4.63. The molecule has 0 heterocycles. The first-order valence-corrected chi connectivity index (χ1v) is 11.4. The molecule has 0 fully saturated rings. The summed E-state index contributed by atoms with van der Waals surface area (Å²) in [6.45, 7) is 0.222. The lowest BCUT2D eigenvalue weighted by atomic mass is 10.1. The third kappa shape index (κ3) is 6.47. The molecule has 0 radical (unpaired) electrons. The third-order valence-corrected chi connectivity index (χ3v) is 5.81. The Morgan fingerprint density at radius 3 is 2.21 bits per heavy atom. The summed E-state index contributed by atoms with van der Waals surface area (Å²) in [5.41, 5.74) is 2.08. The van der Waals surface area contributed by atoms with Crippen molar-refractivity contribution in [3.63, 3.8) is 0 Å². The van der Waals surface area contributed by atoms with Crippen LogP contribution in [0, 0.1) is 11.3 Å². The molecule has 1 amide bonds. The van der Waals surface area contributed by atoms with Gasteiger partial charge in [-0.05, 0) is 97.6 Å². The Bertz CT molecular complexity index is 1260. The van der Waals surface area contributed by atoms with Gasteiger partial charge in [0.1, 0.15) is 29.7 Å². The fraction of sp³-hybridized carbons (Fsp3) is 0.0800. The number of amides is 1. The van der Waals surface area contributed by atoms with Crippen molar-refractivity contribution in [2.24, 2.45) is 0 Å². The molecule has 3 rings (SSSR count). The molecule has 0 aliphatic rings. The summed E-state index contributed by atoms with van der Waals surface area (Å²) in [4.78, 5) is 23.5. The van der Waals surface area contributed by atoms with Crippen LogP contribution in [0.5, 0.6) is 11.5 Å². The number of benzene rings is 3. The van der Waals surface area contributed by atoms with E-state index in [9.17, 15) is 14.9 Å². The average molecular weight is 586 g/mol. The number of methoxy groups -OCH3 is 1. The quantitative estimate of drug-likeness (QED) is 0.246. The minimum absolute atomic E-state index is 0.0678. The van der Waals surface area contributed by atoms with Crippen molar-refractivity contribution in [1.29, 1.82) is 5.26 Å². The van der Waals surface area contributed by atoms with Crippen LogP contribution in [0.4, 0.5) is 5.69 Å². The fourth-order valence-corrected chi connectivity index (χ4v) is 4.34. The summed E-state index contributed by atoms with van der Waals surface area (Å²) < 4.78 is 12.2. The van der Waals surface area contributed by atoms with E-state index in [2.05, 4.69) is 37.2 Å². The minimum atomic E-state index is -0.990. The number of nitrogens with zero attached hydrogens (tertiary/aromatic N) is 1. The first kappa shape index (κ1) is 25.0. The highest BCUT2D eigenvalue weighted by atomic mass is 79.9. The maximum Gasteiger partial charge on any atom is 0.335 e.